The van der Waals surface area contributed by atoms with Gasteiger partial charge in [0.2, 0.25) is 5.15 Å². The molecule has 0 radical (unpaired) electrons. The van der Waals surface area contributed by atoms with Crippen LogP contribution in [0.5, 0.6) is 0 Å². The van der Waals surface area contributed by atoms with E-state index in [0.29, 0.717) is 0 Å². The van der Waals surface area contributed by atoms with E-state index in [2.05, 4.69) is 4.98 Å². The number of primary amides is 1. The number of halogens is 3. The normalized spacial score (nSPS) is 10.1. The van der Waals surface area contributed by atoms with Crippen LogP contribution in [0, 0.1) is 10.1 Å². The average Bonchev–Trinajstić information content (AvgIpc) is 1.99. The summed E-state index contributed by atoms with van der Waals surface area (Å²) in [6.07, 6.45) is 0. The summed E-state index contributed by atoms with van der Waals surface area (Å²) in [5.41, 5.74) is 3.80. The van der Waals surface area contributed by atoms with Gasteiger partial charge in [0.15, 0.2) is 0 Å². The first-order valence-electron chi connectivity index (χ1n) is 3.35. The number of aromatic nitrogens is 1. The zero-order valence-corrected chi connectivity index (χ0v) is 9.10. The molecule has 0 aliphatic heterocycles. The van der Waals surface area contributed by atoms with Gasteiger partial charge in [0, 0.05) is 0 Å². The van der Waals surface area contributed by atoms with Gasteiger partial charge >= 0.3 is 5.69 Å². The van der Waals surface area contributed by atoms with Crippen molar-refractivity contribution in [1.82, 2.24) is 4.98 Å². The van der Waals surface area contributed by atoms with Crippen molar-refractivity contribution in [2.45, 2.75) is 0 Å². The first kappa shape index (κ1) is 12.0. The molecule has 0 saturated carbocycles. The number of carbonyl (C=O) groups excluding carboxylic acids is 1. The van der Waals surface area contributed by atoms with Crippen LogP contribution in [0.4, 0.5) is 5.69 Å². The van der Waals surface area contributed by atoms with E-state index in [4.69, 9.17) is 40.5 Å². The minimum absolute atomic E-state index is 0.372. The zero-order chi connectivity index (χ0) is 11.7. The van der Waals surface area contributed by atoms with E-state index < -0.39 is 32.3 Å². The molecule has 0 aromatic carbocycles. The summed E-state index contributed by atoms with van der Waals surface area (Å²) in [6, 6.07) is 0. The van der Waals surface area contributed by atoms with E-state index in [1.54, 1.807) is 0 Å². The molecule has 0 saturated heterocycles. The largest absolute Gasteiger partial charge is 0.365 e. The van der Waals surface area contributed by atoms with Gasteiger partial charge in [0.1, 0.15) is 15.7 Å². The number of rotatable bonds is 2. The van der Waals surface area contributed by atoms with Crippen LogP contribution in [0.15, 0.2) is 0 Å². The number of hydrogen-bond donors (Lipinski definition) is 1. The Balaban J connectivity index is 3.64. The summed E-state index contributed by atoms with van der Waals surface area (Å²) in [4.78, 5) is 23.9. The van der Waals surface area contributed by atoms with Crippen LogP contribution < -0.4 is 5.73 Å². The molecule has 2 N–H and O–H groups in total. The van der Waals surface area contributed by atoms with Crippen LogP contribution in [0.1, 0.15) is 10.4 Å². The predicted molar refractivity (Wildman–Crippen MR) is 54.4 cm³/mol. The van der Waals surface area contributed by atoms with E-state index in [1.807, 2.05) is 0 Å². The van der Waals surface area contributed by atoms with Crippen LogP contribution >= 0.6 is 34.8 Å². The highest BCUT2D eigenvalue weighted by Gasteiger charge is 2.27. The third-order valence-corrected chi connectivity index (χ3v) is 2.36. The van der Waals surface area contributed by atoms with Gasteiger partial charge in [-0.2, -0.15) is 0 Å². The molecular formula is C6H2Cl3N3O3. The van der Waals surface area contributed by atoms with E-state index in [1.165, 1.54) is 0 Å². The fraction of sp³-hybridized carbons (Fsp3) is 0. The Kier molecular flexibility index (Phi) is 3.33. The Bertz CT molecular complexity index is 424. The number of hydrogen-bond acceptors (Lipinski definition) is 4. The maximum atomic E-state index is 10.9. The van der Waals surface area contributed by atoms with E-state index >= 15 is 0 Å². The highest BCUT2D eigenvalue weighted by atomic mass is 35.5. The lowest BCUT2D eigenvalue weighted by atomic mass is 10.2. The van der Waals surface area contributed by atoms with Gasteiger partial charge in [0.25, 0.3) is 5.91 Å². The number of nitrogens with zero attached hydrogens (tertiary/aromatic N) is 2. The van der Waals surface area contributed by atoms with Gasteiger partial charge in [0.05, 0.1) is 4.92 Å². The van der Waals surface area contributed by atoms with Gasteiger partial charge in [-0.1, -0.05) is 34.8 Å². The maximum absolute atomic E-state index is 10.9. The number of nitrogens with two attached hydrogens (primary N) is 1. The second-order valence-electron chi connectivity index (χ2n) is 2.35. The molecule has 1 rings (SSSR count). The van der Waals surface area contributed by atoms with Crippen LogP contribution in [0.3, 0.4) is 0 Å². The lowest BCUT2D eigenvalue weighted by Gasteiger charge is -2.03. The van der Waals surface area contributed by atoms with Crippen LogP contribution in [-0.4, -0.2) is 15.8 Å². The Morgan fingerprint density at radius 3 is 2.27 bits per heavy atom. The molecule has 1 heterocycles. The third kappa shape index (κ3) is 2.11. The SMILES string of the molecule is NC(=O)c1c(Cl)nc(Cl)c([N+](=O)[O-])c1Cl. The number of nitro groups is 1. The second-order valence-corrected chi connectivity index (χ2v) is 3.45. The van der Waals surface area contributed by atoms with E-state index in [9.17, 15) is 14.9 Å². The average molecular weight is 270 g/mol. The molecule has 0 aliphatic carbocycles. The molecule has 80 valence electrons. The van der Waals surface area contributed by atoms with Crippen molar-refractivity contribution < 1.29 is 9.72 Å². The van der Waals surface area contributed by atoms with Crippen molar-refractivity contribution in [3.63, 3.8) is 0 Å². The molecule has 1 aromatic heterocycles. The molecular weight excluding hydrogens is 268 g/mol. The van der Waals surface area contributed by atoms with Gasteiger partial charge in [-0.3, -0.25) is 14.9 Å². The molecule has 6 nitrogen and oxygen atoms in total. The molecule has 9 heteroatoms. The fourth-order valence-electron chi connectivity index (χ4n) is 0.860. The summed E-state index contributed by atoms with van der Waals surface area (Å²) in [5, 5.41) is 9.14. The Labute approximate surface area is 98.1 Å². The smallest absolute Gasteiger partial charge is 0.325 e. The summed E-state index contributed by atoms with van der Waals surface area (Å²) in [7, 11) is 0. The Morgan fingerprint density at radius 1 is 1.33 bits per heavy atom. The van der Waals surface area contributed by atoms with Crippen molar-refractivity contribution in [2.75, 3.05) is 0 Å². The molecule has 0 fully saturated rings. The van der Waals surface area contributed by atoms with Crippen molar-refractivity contribution in [3.05, 3.63) is 31.0 Å². The van der Waals surface area contributed by atoms with Crippen LogP contribution in [0.25, 0.3) is 0 Å². The summed E-state index contributed by atoms with van der Waals surface area (Å²) < 4.78 is 0. The van der Waals surface area contributed by atoms with E-state index in [-0.39, 0.29) is 5.15 Å². The third-order valence-electron chi connectivity index (χ3n) is 1.45. The van der Waals surface area contributed by atoms with Crippen molar-refractivity contribution >= 4 is 46.4 Å². The summed E-state index contributed by atoms with van der Waals surface area (Å²) in [5.74, 6) is -1.02. The highest BCUT2D eigenvalue weighted by Crippen LogP contribution is 2.36. The van der Waals surface area contributed by atoms with Gasteiger partial charge in [-0.15, -0.1) is 0 Å². The van der Waals surface area contributed by atoms with Crippen LogP contribution in [0.2, 0.25) is 15.3 Å². The molecule has 1 aromatic rings. The fourth-order valence-corrected chi connectivity index (χ4v) is 1.86. The molecule has 0 aliphatic rings. The number of pyridine rings is 1. The molecule has 0 bridgehead atoms. The van der Waals surface area contributed by atoms with Crippen molar-refractivity contribution in [2.24, 2.45) is 5.73 Å². The maximum Gasteiger partial charge on any atom is 0.325 e. The second kappa shape index (κ2) is 4.18. The molecule has 0 spiro atoms. The van der Waals surface area contributed by atoms with Gasteiger partial charge in [-0.25, -0.2) is 4.98 Å². The van der Waals surface area contributed by atoms with Crippen molar-refractivity contribution in [1.29, 1.82) is 0 Å². The lowest BCUT2D eigenvalue weighted by Crippen LogP contribution is -2.14. The van der Waals surface area contributed by atoms with Crippen LogP contribution in [-0.2, 0) is 0 Å². The Morgan fingerprint density at radius 2 is 1.87 bits per heavy atom. The lowest BCUT2D eigenvalue weighted by molar-refractivity contribution is -0.384. The number of carbonyl (C=O) groups is 1. The Hall–Kier alpha value is -1.11. The predicted octanol–water partition coefficient (Wildman–Crippen LogP) is 2.05. The van der Waals surface area contributed by atoms with E-state index in [0.717, 1.165) is 0 Å². The first-order valence-corrected chi connectivity index (χ1v) is 4.48. The highest BCUT2D eigenvalue weighted by molar-refractivity contribution is 6.43. The summed E-state index contributed by atoms with van der Waals surface area (Å²) >= 11 is 16.5. The van der Waals surface area contributed by atoms with Gasteiger partial charge < -0.3 is 5.73 Å². The molecule has 0 unspecified atom stereocenters. The minimum atomic E-state index is -1.02. The monoisotopic (exact) mass is 269 g/mol. The first-order chi connectivity index (χ1) is 6.86. The molecule has 1 amide bonds. The zero-order valence-electron chi connectivity index (χ0n) is 6.83. The molecule has 0 atom stereocenters. The standard InChI is InChI=1S/C6H2Cl3N3O3/c7-2-1(6(10)13)4(8)11-5(9)3(2)12(14)15/h(H2,10,13). The van der Waals surface area contributed by atoms with Gasteiger partial charge in [-0.05, 0) is 0 Å². The quantitative estimate of drug-likeness (QED) is 0.505. The molecule has 15 heavy (non-hydrogen) atoms. The minimum Gasteiger partial charge on any atom is -0.365 e. The number of amides is 1. The topological polar surface area (TPSA) is 99.1 Å². The summed E-state index contributed by atoms with van der Waals surface area (Å²) in [6.45, 7) is 0. The van der Waals surface area contributed by atoms with Crippen molar-refractivity contribution in [3.8, 4) is 0 Å².